The van der Waals surface area contributed by atoms with Gasteiger partial charge in [0.15, 0.2) is 0 Å². The van der Waals surface area contributed by atoms with Crippen LogP contribution in [0.15, 0.2) is 0 Å². The summed E-state index contributed by atoms with van der Waals surface area (Å²) in [5.41, 5.74) is 1.07. The van der Waals surface area contributed by atoms with Crippen LogP contribution < -0.4 is 0 Å². The molecule has 1 heterocycles. The van der Waals surface area contributed by atoms with Gasteiger partial charge >= 0.3 is 0 Å². The molecular weight excluding hydrogens is 314 g/mol. The molecule has 6 aliphatic rings. The largest absolute Gasteiger partial charge is 0.300 e. The van der Waals surface area contributed by atoms with Gasteiger partial charge in [0.25, 0.3) is 0 Å². The van der Waals surface area contributed by atoms with E-state index < -0.39 is 0 Å². The van der Waals surface area contributed by atoms with Crippen LogP contribution in [0.5, 0.6) is 0 Å². The van der Waals surface area contributed by atoms with Crippen molar-refractivity contribution < 1.29 is 0 Å². The van der Waals surface area contributed by atoms with E-state index in [9.17, 15) is 0 Å². The molecule has 6 bridgehead atoms. The standard InChI is InChI=1S/C22H36ClN/c1-14(24-12-18-5-6-21(4,13-24)20(18,2)3)19-16-7-15-8-17(19)11-22(23,9-15)10-16/h14-19H,5-13H2,1-4H3/t14-,15?,16-,17-,18+,19?,21+,22?/m0/s1. The van der Waals surface area contributed by atoms with Crippen molar-refractivity contribution in [3.63, 3.8) is 0 Å². The number of alkyl halides is 1. The number of piperidine rings is 1. The number of nitrogens with zero attached hydrogens (tertiary/aromatic N) is 1. The number of hydrogen-bond donors (Lipinski definition) is 0. The van der Waals surface area contributed by atoms with Crippen molar-refractivity contribution in [1.82, 2.24) is 4.90 Å². The lowest BCUT2D eigenvalue weighted by molar-refractivity contribution is -0.0948. The lowest BCUT2D eigenvalue weighted by Crippen LogP contribution is -2.61. The van der Waals surface area contributed by atoms with Crippen molar-refractivity contribution >= 4 is 11.6 Å². The van der Waals surface area contributed by atoms with Gasteiger partial charge in [-0.25, -0.2) is 0 Å². The average Bonchev–Trinajstić information content (AvgIpc) is 2.61. The molecule has 5 aliphatic carbocycles. The summed E-state index contributed by atoms with van der Waals surface area (Å²) in [5.74, 6) is 4.64. The van der Waals surface area contributed by atoms with Crippen LogP contribution in [0.1, 0.15) is 72.6 Å². The average molecular weight is 350 g/mol. The van der Waals surface area contributed by atoms with Crippen LogP contribution in [-0.2, 0) is 0 Å². The monoisotopic (exact) mass is 349 g/mol. The molecular formula is C22H36ClN. The maximum Gasteiger partial charge on any atom is 0.0455 e. The molecule has 24 heavy (non-hydrogen) atoms. The Hall–Kier alpha value is 0.250. The fourth-order valence-electron chi connectivity index (χ4n) is 8.37. The highest BCUT2D eigenvalue weighted by Gasteiger charge is 2.59. The molecule has 0 aromatic carbocycles. The third-order valence-corrected chi connectivity index (χ3v) is 10.5. The Morgan fingerprint density at radius 1 is 1.04 bits per heavy atom. The molecule has 1 saturated heterocycles. The number of hydrogen-bond acceptors (Lipinski definition) is 1. The van der Waals surface area contributed by atoms with Crippen LogP contribution in [0.3, 0.4) is 0 Å². The van der Waals surface area contributed by atoms with Crippen molar-refractivity contribution in [1.29, 1.82) is 0 Å². The Morgan fingerprint density at radius 3 is 2.29 bits per heavy atom. The zero-order valence-corrected chi connectivity index (χ0v) is 16.9. The van der Waals surface area contributed by atoms with Gasteiger partial charge in [-0.2, -0.15) is 0 Å². The normalized spacial score (nSPS) is 56.6. The van der Waals surface area contributed by atoms with Crippen molar-refractivity contribution in [3.05, 3.63) is 0 Å². The molecule has 0 spiro atoms. The summed E-state index contributed by atoms with van der Waals surface area (Å²) < 4.78 is 0. The van der Waals surface area contributed by atoms with Gasteiger partial charge in [-0.3, -0.25) is 4.90 Å². The fourth-order valence-corrected chi connectivity index (χ4v) is 8.99. The Balaban J connectivity index is 1.38. The lowest BCUT2D eigenvalue weighted by Gasteiger charge is -2.61. The predicted molar refractivity (Wildman–Crippen MR) is 101 cm³/mol. The zero-order valence-electron chi connectivity index (χ0n) is 16.2. The molecule has 0 aromatic rings. The molecule has 136 valence electrons. The number of fused-ring (bicyclic) bond motifs is 2. The van der Waals surface area contributed by atoms with Crippen molar-refractivity contribution in [3.8, 4) is 0 Å². The summed E-state index contributed by atoms with van der Waals surface area (Å²) in [6.45, 7) is 12.9. The van der Waals surface area contributed by atoms with Crippen LogP contribution in [0.25, 0.3) is 0 Å². The van der Waals surface area contributed by atoms with E-state index in [0.717, 1.165) is 35.6 Å². The van der Waals surface area contributed by atoms with Gasteiger partial charge in [0.2, 0.25) is 0 Å². The molecule has 0 radical (unpaired) electrons. The van der Waals surface area contributed by atoms with Gasteiger partial charge < -0.3 is 0 Å². The molecule has 5 saturated carbocycles. The van der Waals surface area contributed by atoms with E-state index in [0.29, 0.717) is 10.8 Å². The van der Waals surface area contributed by atoms with Crippen molar-refractivity contribution in [2.45, 2.75) is 83.6 Å². The summed E-state index contributed by atoms with van der Waals surface area (Å²) >= 11 is 6.99. The molecule has 0 amide bonds. The van der Waals surface area contributed by atoms with Crippen LogP contribution in [-0.4, -0.2) is 28.9 Å². The first-order chi connectivity index (χ1) is 11.2. The minimum Gasteiger partial charge on any atom is -0.300 e. The lowest BCUT2D eigenvalue weighted by atomic mass is 9.50. The summed E-state index contributed by atoms with van der Waals surface area (Å²) in [6, 6.07) is 0.774. The Morgan fingerprint density at radius 2 is 1.71 bits per heavy atom. The smallest absolute Gasteiger partial charge is 0.0455 e. The number of likely N-dealkylation sites (tertiary alicyclic amines) is 1. The molecule has 2 heteroatoms. The number of rotatable bonds is 2. The summed E-state index contributed by atoms with van der Waals surface area (Å²) in [6.07, 6.45) is 9.82. The van der Waals surface area contributed by atoms with E-state index in [-0.39, 0.29) is 4.87 Å². The quantitative estimate of drug-likeness (QED) is 0.589. The van der Waals surface area contributed by atoms with E-state index in [4.69, 9.17) is 11.6 Å². The highest BCUT2D eigenvalue weighted by molar-refractivity contribution is 6.24. The van der Waals surface area contributed by atoms with E-state index in [2.05, 4.69) is 32.6 Å². The minimum absolute atomic E-state index is 0.196. The first-order valence-corrected chi connectivity index (χ1v) is 11.0. The van der Waals surface area contributed by atoms with E-state index >= 15 is 0 Å². The van der Waals surface area contributed by atoms with Gasteiger partial charge in [-0.05, 0) is 92.3 Å². The second-order valence-corrected chi connectivity index (χ2v) is 12.2. The van der Waals surface area contributed by atoms with Gasteiger partial charge in [-0.1, -0.05) is 20.8 Å². The third kappa shape index (κ3) is 2.10. The Bertz CT molecular complexity index is 526. The van der Waals surface area contributed by atoms with Crippen LogP contribution >= 0.6 is 11.6 Å². The highest BCUT2D eigenvalue weighted by Crippen LogP contribution is 2.63. The molecule has 5 atom stereocenters. The second-order valence-electron chi connectivity index (χ2n) is 11.4. The van der Waals surface area contributed by atoms with Gasteiger partial charge in [0.05, 0.1) is 0 Å². The topological polar surface area (TPSA) is 3.24 Å². The van der Waals surface area contributed by atoms with Crippen LogP contribution in [0, 0.1) is 40.4 Å². The van der Waals surface area contributed by atoms with Crippen molar-refractivity contribution in [2.24, 2.45) is 40.4 Å². The van der Waals surface area contributed by atoms with Crippen LogP contribution in [0.4, 0.5) is 0 Å². The van der Waals surface area contributed by atoms with E-state index in [1.54, 1.807) is 0 Å². The molecule has 1 nitrogen and oxygen atoms in total. The predicted octanol–water partition coefficient (Wildman–Crippen LogP) is 5.57. The SMILES string of the molecule is C[C@@H](C1[C@H]2CC3C[C@H]1CC(Cl)(C3)C2)N1C[C@H]2CC[C@](C)(C1)C2(C)C. The van der Waals surface area contributed by atoms with Gasteiger partial charge in [-0.15, -0.1) is 11.6 Å². The maximum atomic E-state index is 6.99. The Kier molecular flexibility index (Phi) is 3.38. The van der Waals surface area contributed by atoms with Gasteiger partial charge in [0.1, 0.15) is 0 Å². The number of halogens is 1. The van der Waals surface area contributed by atoms with E-state index in [1.165, 1.54) is 58.0 Å². The molecule has 6 rings (SSSR count). The molecule has 1 aliphatic heterocycles. The first-order valence-electron chi connectivity index (χ1n) is 10.6. The minimum atomic E-state index is 0.196. The molecule has 0 unspecified atom stereocenters. The Labute approximate surface area is 153 Å². The van der Waals surface area contributed by atoms with Crippen LogP contribution in [0.2, 0.25) is 0 Å². The summed E-state index contributed by atoms with van der Waals surface area (Å²) in [5, 5.41) is 0. The maximum absolute atomic E-state index is 6.99. The molecule has 0 N–H and O–H groups in total. The first kappa shape index (κ1) is 16.4. The summed E-state index contributed by atoms with van der Waals surface area (Å²) in [4.78, 5) is 3.12. The second kappa shape index (κ2) is 4.94. The third-order valence-electron chi connectivity index (χ3n) is 10.0. The molecule has 6 fully saturated rings. The summed E-state index contributed by atoms with van der Waals surface area (Å²) in [7, 11) is 0. The van der Waals surface area contributed by atoms with Gasteiger partial charge in [0, 0.05) is 24.0 Å². The molecule has 0 aromatic heterocycles. The van der Waals surface area contributed by atoms with E-state index in [1.807, 2.05) is 0 Å². The highest BCUT2D eigenvalue weighted by atomic mass is 35.5. The fraction of sp³-hybridized carbons (Fsp3) is 1.00. The zero-order chi connectivity index (χ0) is 16.9. The van der Waals surface area contributed by atoms with Crippen molar-refractivity contribution in [2.75, 3.05) is 13.1 Å².